The van der Waals surface area contributed by atoms with Crippen molar-refractivity contribution in [2.45, 2.75) is 4.84 Å². The lowest BCUT2D eigenvalue weighted by molar-refractivity contribution is -0.385. The number of pyridine rings is 1. The largest absolute Gasteiger partial charge is 0.293 e. The molecule has 0 fully saturated rings. The fraction of sp³-hybridized carbons (Fsp3) is 0.167. The molecule has 1 rings (SSSR count). The van der Waals surface area contributed by atoms with Gasteiger partial charge < -0.3 is 0 Å². The van der Waals surface area contributed by atoms with Gasteiger partial charge in [-0.25, -0.2) is 0 Å². The van der Waals surface area contributed by atoms with Crippen LogP contribution in [0.5, 0.6) is 0 Å². The number of rotatable bonds is 2. The van der Waals surface area contributed by atoms with E-state index in [1.54, 1.807) is 0 Å². The van der Waals surface area contributed by atoms with Crippen molar-refractivity contribution >= 4 is 28.9 Å². The van der Waals surface area contributed by atoms with E-state index in [0.29, 0.717) is 0 Å². The molecule has 0 saturated heterocycles. The molecule has 4 nitrogen and oxygen atoms in total. The van der Waals surface area contributed by atoms with Crippen molar-refractivity contribution in [3.63, 3.8) is 0 Å². The Balaban J connectivity index is 3.17. The summed E-state index contributed by atoms with van der Waals surface area (Å²) in [5, 5.41) is 10.4. The first-order chi connectivity index (χ1) is 5.63. The summed E-state index contributed by atoms with van der Waals surface area (Å²) in [7, 11) is 0. The lowest BCUT2D eigenvalue weighted by Gasteiger charge is -1.99. The molecule has 0 unspecified atom stereocenters. The van der Waals surface area contributed by atoms with Gasteiger partial charge in [0.1, 0.15) is 0 Å². The van der Waals surface area contributed by atoms with Gasteiger partial charge in [-0.15, -0.1) is 0 Å². The van der Waals surface area contributed by atoms with Gasteiger partial charge in [0.25, 0.3) is 5.69 Å². The summed E-state index contributed by atoms with van der Waals surface area (Å²) in [6, 6.07) is 2.76. The fourth-order valence-electron chi connectivity index (χ4n) is 0.732. The molecule has 1 aromatic heterocycles. The average molecular weight is 207 g/mol. The Morgan fingerprint density at radius 3 is 2.67 bits per heavy atom. The van der Waals surface area contributed by atoms with E-state index >= 15 is 0 Å². The van der Waals surface area contributed by atoms with Crippen LogP contribution in [0.15, 0.2) is 18.3 Å². The standard InChI is InChI=1S/C6H4Cl2N2O2/c7-6(8)5-4(10(11)12)2-1-3-9-5/h1-3,6H. The second-order valence-electron chi connectivity index (χ2n) is 1.97. The SMILES string of the molecule is O=[N+]([O-])c1cccnc1C(Cl)Cl. The topological polar surface area (TPSA) is 56.0 Å². The summed E-state index contributed by atoms with van der Waals surface area (Å²) >= 11 is 10.9. The molecule has 0 saturated carbocycles. The van der Waals surface area contributed by atoms with Crippen LogP contribution in [-0.2, 0) is 0 Å². The van der Waals surface area contributed by atoms with E-state index < -0.39 is 9.76 Å². The first-order valence-electron chi connectivity index (χ1n) is 3.00. The predicted molar refractivity (Wildman–Crippen MR) is 45.3 cm³/mol. The predicted octanol–water partition coefficient (Wildman–Crippen LogP) is 2.47. The van der Waals surface area contributed by atoms with E-state index in [0.717, 1.165) is 0 Å². The molecule has 0 amide bonds. The molecule has 1 aromatic rings. The first-order valence-corrected chi connectivity index (χ1v) is 3.87. The van der Waals surface area contributed by atoms with Crippen LogP contribution in [-0.4, -0.2) is 9.91 Å². The summed E-state index contributed by atoms with van der Waals surface area (Å²) in [6.45, 7) is 0. The zero-order chi connectivity index (χ0) is 9.14. The number of nitrogens with zero attached hydrogens (tertiary/aromatic N) is 2. The molecule has 1 heterocycles. The summed E-state index contributed by atoms with van der Waals surface area (Å²) in [4.78, 5) is 12.5. The Bertz CT molecular complexity index is 303. The number of hydrogen-bond acceptors (Lipinski definition) is 3. The van der Waals surface area contributed by atoms with Gasteiger partial charge in [-0.3, -0.25) is 15.1 Å². The maximum atomic E-state index is 10.4. The van der Waals surface area contributed by atoms with Crippen molar-refractivity contribution in [1.29, 1.82) is 0 Å². The molecule has 12 heavy (non-hydrogen) atoms. The monoisotopic (exact) mass is 206 g/mol. The Morgan fingerprint density at radius 1 is 1.58 bits per heavy atom. The summed E-state index contributed by atoms with van der Waals surface area (Å²) in [6.07, 6.45) is 1.40. The highest BCUT2D eigenvalue weighted by molar-refractivity contribution is 6.44. The molecule has 0 aliphatic carbocycles. The molecule has 0 radical (unpaired) electrons. The van der Waals surface area contributed by atoms with Crippen molar-refractivity contribution in [3.05, 3.63) is 34.1 Å². The van der Waals surface area contributed by atoms with Crippen LogP contribution in [0.1, 0.15) is 10.5 Å². The third-order valence-electron chi connectivity index (χ3n) is 1.22. The van der Waals surface area contributed by atoms with Gasteiger partial charge in [0.05, 0.1) is 4.92 Å². The van der Waals surface area contributed by atoms with Crippen LogP contribution in [0.25, 0.3) is 0 Å². The van der Waals surface area contributed by atoms with Gasteiger partial charge >= 0.3 is 0 Å². The average Bonchev–Trinajstić information content (AvgIpc) is 2.04. The lowest BCUT2D eigenvalue weighted by Crippen LogP contribution is -1.96. The molecule has 0 aliphatic rings. The van der Waals surface area contributed by atoms with E-state index in [-0.39, 0.29) is 11.4 Å². The number of alkyl halides is 2. The number of hydrogen-bond donors (Lipinski definition) is 0. The molecule has 0 atom stereocenters. The Morgan fingerprint density at radius 2 is 2.25 bits per heavy atom. The summed E-state index contributed by atoms with van der Waals surface area (Å²) < 4.78 is 0. The van der Waals surface area contributed by atoms with Crippen LogP contribution in [0.2, 0.25) is 0 Å². The van der Waals surface area contributed by atoms with Gasteiger partial charge in [-0.1, -0.05) is 23.2 Å². The Hall–Kier alpha value is -0.870. The van der Waals surface area contributed by atoms with Crippen LogP contribution in [0.3, 0.4) is 0 Å². The van der Waals surface area contributed by atoms with Crippen molar-refractivity contribution in [2.24, 2.45) is 0 Å². The van der Waals surface area contributed by atoms with Crippen molar-refractivity contribution in [3.8, 4) is 0 Å². The first kappa shape index (κ1) is 9.22. The second kappa shape index (κ2) is 3.69. The maximum Gasteiger partial charge on any atom is 0.293 e. The van der Waals surface area contributed by atoms with Crippen LogP contribution < -0.4 is 0 Å². The zero-order valence-electron chi connectivity index (χ0n) is 5.78. The highest BCUT2D eigenvalue weighted by Gasteiger charge is 2.19. The van der Waals surface area contributed by atoms with Gasteiger partial charge in [0.15, 0.2) is 10.5 Å². The van der Waals surface area contributed by atoms with E-state index in [4.69, 9.17) is 23.2 Å². The normalized spacial score (nSPS) is 10.2. The molecular formula is C6H4Cl2N2O2. The molecule has 0 bridgehead atoms. The maximum absolute atomic E-state index is 10.4. The minimum atomic E-state index is -0.966. The van der Waals surface area contributed by atoms with Crippen molar-refractivity contribution < 1.29 is 4.92 Å². The third-order valence-corrected chi connectivity index (χ3v) is 1.63. The number of nitro groups is 1. The second-order valence-corrected chi connectivity index (χ2v) is 3.06. The Labute approximate surface area is 78.3 Å². The van der Waals surface area contributed by atoms with Gasteiger partial charge in [-0.05, 0) is 6.07 Å². The highest BCUT2D eigenvalue weighted by atomic mass is 35.5. The van der Waals surface area contributed by atoms with Gasteiger partial charge in [-0.2, -0.15) is 0 Å². The Kier molecular flexibility index (Phi) is 2.83. The fourth-order valence-corrected chi connectivity index (χ4v) is 1.07. The van der Waals surface area contributed by atoms with Crippen LogP contribution >= 0.6 is 23.2 Å². The van der Waals surface area contributed by atoms with Gasteiger partial charge in [0.2, 0.25) is 0 Å². The molecule has 0 spiro atoms. The molecule has 64 valence electrons. The molecule has 0 aromatic carbocycles. The van der Waals surface area contributed by atoms with Crippen molar-refractivity contribution in [1.82, 2.24) is 4.98 Å². The minimum absolute atomic E-state index is 0.0748. The minimum Gasteiger partial charge on any atom is -0.258 e. The van der Waals surface area contributed by atoms with Crippen molar-refractivity contribution in [2.75, 3.05) is 0 Å². The molecule has 0 aliphatic heterocycles. The molecular weight excluding hydrogens is 203 g/mol. The van der Waals surface area contributed by atoms with E-state index in [1.807, 2.05) is 0 Å². The quantitative estimate of drug-likeness (QED) is 0.425. The summed E-state index contributed by atoms with van der Waals surface area (Å²) in [5.74, 6) is 0. The van der Waals surface area contributed by atoms with Crippen LogP contribution in [0.4, 0.5) is 5.69 Å². The highest BCUT2D eigenvalue weighted by Crippen LogP contribution is 2.29. The van der Waals surface area contributed by atoms with E-state index in [2.05, 4.69) is 4.98 Å². The number of halogens is 2. The van der Waals surface area contributed by atoms with E-state index in [9.17, 15) is 10.1 Å². The number of aromatic nitrogens is 1. The van der Waals surface area contributed by atoms with E-state index in [1.165, 1.54) is 18.3 Å². The zero-order valence-corrected chi connectivity index (χ0v) is 7.29. The molecule has 0 N–H and O–H groups in total. The van der Waals surface area contributed by atoms with Gasteiger partial charge in [0, 0.05) is 12.3 Å². The summed E-state index contributed by atoms with van der Waals surface area (Å²) in [5.41, 5.74) is -0.0849. The van der Waals surface area contributed by atoms with Crippen LogP contribution in [0, 0.1) is 10.1 Å². The smallest absolute Gasteiger partial charge is 0.258 e. The third kappa shape index (κ3) is 1.84. The molecule has 6 heteroatoms. The lowest BCUT2D eigenvalue weighted by atomic mass is 10.3.